The molecule has 3 amide bonds. The molecule has 2 fully saturated rings. The van der Waals surface area contributed by atoms with Crippen LogP contribution in [0.4, 0.5) is 4.79 Å². The van der Waals surface area contributed by atoms with Gasteiger partial charge in [0.25, 0.3) is 0 Å². The number of amides is 3. The molecule has 3 aromatic heterocycles. The highest BCUT2D eigenvalue weighted by molar-refractivity contribution is 5.87. The molecule has 2 saturated heterocycles. The molecule has 5 heterocycles. The second-order valence-corrected chi connectivity index (χ2v) is 14.8. The number of carbonyl (C=O) groups excluding carboxylic acids is 2. The molecule has 2 aliphatic rings. The lowest BCUT2D eigenvalue weighted by Crippen LogP contribution is -2.44. The van der Waals surface area contributed by atoms with E-state index in [0.29, 0.717) is 29.5 Å². The largest absolute Gasteiger partial charge is 0.465 e. The van der Waals surface area contributed by atoms with Gasteiger partial charge in [0.05, 0.1) is 29.7 Å². The van der Waals surface area contributed by atoms with Crippen molar-refractivity contribution in [2.24, 2.45) is 0 Å². The third-order valence-corrected chi connectivity index (χ3v) is 11.0. The third kappa shape index (κ3) is 8.37. The maximum absolute atomic E-state index is 14.3. The first-order chi connectivity index (χ1) is 28.3. The molecule has 296 valence electrons. The molecule has 4 atom stereocenters. The highest BCUT2D eigenvalue weighted by Gasteiger charge is 2.39. The lowest BCUT2D eigenvalue weighted by Gasteiger charge is -2.37. The molecule has 8 rings (SSSR count). The predicted octanol–water partition coefficient (Wildman–Crippen LogP) is 7.00. The van der Waals surface area contributed by atoms with Crippen molar-refractivity contribution in [2.45, 2.75) is 63.2 Å². The molecule has 2 aliphatic heterocycles. The number of nitrogens with zero attached hydrogens (tertiary/aromatic N) is 6. The Hall–Kier alpha value is -6.67. The van der Waals surface area contributed by atoms with Crippen LogP contribution in [0.25, 0.3) is 33.9 Å². The lowest BCUT2D eigenvalue weighted by molar-refractivity contribution is -0.139. The van der Waals surface area contributed by atoms with Gasteiger partial charge < -0.3 is 30.6 Å². The second kappa shape index (κ2) is 17.2. The second-order valence-electron chi connectivity index (χ2n) is 14.8. The van der Waals surface area contributed by atoms with Gasteiger partial charge >= 0.3 is 6.09 Å². The van der Waals surface area contributed by atoms with Crippen LogP contribution in [0.5, 0.6) is 0 Å². The van der Waals surface area contributed by atoms with Crippen LogP contribution in [-0.4, -0.2) is 82.4 Å². The van der Waals surface area contributed by atoms with Crippen LogP contribution >= 0.6 is 0 Å². The zero-order valence-corrected chi connectivity index (χ0v) is 32.2. The molecule has 6 aromatic rings. The summed E-state index contributed by atoms with van der Waals surface area (Å²) in [5.41, 5.74) is 5.53. The molecular weight excluding hydrogens is 733 g/mol. The van der Waals surface area contributed by atoms with Crippen LogP contribution in [-0.2, 0) is 9.59 Å². The Balaban J connectivity index is 0.911. The van der Waals surface area contributed by atoms with Crippen LogP contribution in [0.2, 0.25) is 0 Å². The average molecular weight is 779 g/mol. The summed E-state index contributed by atoms with van der Waals surface area (Å²) in [5, 5.41) is 14.5. The maximum Gasteiger partial charge on any atom is 0.405 e. The smallest absolute Gasteiger partial charge is 0.405 e. The fourth-order valence-electron chi connectivity index (χ4n) is 7.99. The van der Waals surface area contributed by atoms with Gasteiger partial charge in [0, 0.05) is 41.8 Å². The van der Waals surface area contributed by atoms with Crippen molar-refractivity contribution in [2.75, 3.05) is 19.6 Å². The first-order valence-corrected chi connectivity index (χ1v) is 19.8. The Morgan fingerprint density at radius 2 is 1.43 bits per heavy atom. The topological polar surface area (TPSA) is 185 Å². The molecule has 0 aliphatic carbocycles. The maximum atomic E-state index is 14.3. The summed E-state index contributed by atoms with van der Waals surface area (Å²) in [4.78, 5) is 68.6. The number of aromatic amines is 2. The normalized spacial score (nSPS) is 17.3. The van der Waals surface area contributed by atoms with Crippen molar-refractivity contribution in [3.05, 3.63) is 132 Å². The van der Waals surface area contributed by atoms with E-state index in [9.17, 15) is 19.5 Å². The van der Waals surface area contributed by atoms with Gasteiger partial charge in [0.2, 0.25) is 11.8 Å². The summed E-state index contributed by atoms with van der Waals surface area (Å²) in [6, 6.07) is 24.6. The van der Waals surface area contributed by atoms with E-state index in [-0.39, 0.29) is 18.0 Å². The number of benzene rings is 3. The zero-order chi connectivity index (χ0) is 40.0. The quantitative estimate of drug-likeness (QED) is 0.0873. The summed E-state index contributed by atoms with van der Waals surface area (Å²) in [6.07, 6.45) is 11.0. The van der Waals surface area contributed by atoms with Crippen LogP contribution in [0.1, 0.15) is 86.0 Å². The van der Waals surface area contributed by atoms with E-state index in [1.165, 1.54) is 6.42 Å². The molecular formula is C44H46N10O4. The Labute approximate surface area is 336 Å². The first kappa shape index (κ1) is 38.2. The van der Waals surface area contributed by atoms with Crippen molar-refractivity contribution in [1.82, 2.24) is 50.3 Å². The fraction of sp³-hybridized carbons (Fsp3) is 0.295. The number of H-pyrrole nitrogens is 2. The van der Waals surface area contributed by atoms with E-state index >= 15 is 0 Å². The van der Waals surface area contributed by atoms with E-state index in [0.717, 1.165) is 72.5 Å². The highest BCUT2D eigenvalue weighted by atomic mass is 16.4. The van der Waals surface area contributed by atoms with Crippen LogP contribution in [0.15, 0.2) is 110 Å². The van der Waals surface area contributed by atoms with Crippen LogP contribution < -0.4 is 10.6 Å². The van der Waals surface area contributed by atoms with Gasteiger partial charge in [-0.3, -0.25) is 14.5 Å². The van der Waals surface area contributed by atoms with Crippen molar-refractivity contribution >= 4 is 17.9 Å². The Kier molecular flexibility index (Phi) is 11.3. The molecule has 3 aromatic carbocycles. The van der Waals surface area contributed by atoms with E-state index in [4.69, 9.17) is 9.97 Å². The summed E-state index contributed by atoms with van der Waals surface area (Å²) >= 11 is 0. The van der Waals surface area contributed by atoms with Gasteiger partial charge in [0.15, 0.2) is 5.82 Å². The highest BCUT2D eigenvalue weighted by Crippen LogP contribution is 2.36. The number of hydrogen-bond donors (Lipinski definition) is 5. The number of imidazole rings is 2. The fourth-order valence-corrected chi connectivity index (χ4v) is 7.99. The molecule has 14 heteroatoms. The van der Waals surface area contributed by atoms with Gasteiger partial charge in [0.1, 0.15) is 23.7 Å². The van der Waals surface area contributed by atoms with Crippen LogP contribution in [0, 0.1) is 0 Å². The molecule has 0 unspecified atom stereocenters. The van der Waals surface area contributed by atoms with E-state index in [1.54, 1.807) is 62.0 Å². The van der Waals surface area contributed by atoms with Gasteiger partial charge in [-0.25, -0.2) is 24.7 Å². The van der Waals surface area contributed by atoms with Crippen molar-refractivity contribution in [1.29, 1.82) is 0 Å². The zero-order valence-electron chi connectivity index (χ0n) is 32.2. The van der Waals surface area contributed by atoms with Crippen molar-refractivity contribution in [3.63, 3.8) is 0 Å². The van der Waals surface area contributed by atoms with Gasteiger partial charge in [-0.1, -0.05) is 91.3 Å². The Bertz CT molecular complexity index is 2320. The number of piperidine rings is 1. The Morgan fingerprint density at radius 3 is 2.12 bits per heavy atom. The molecule has 0 bridgehead atoms. The molecule has 14 nitrogen and oxygen atoms in total. The van der Waals surface area contributed by atoms with Gasteiger partial charge in [-0.05, 0) is 56.8 Å². The van der Waals surface area contributed by atoms with E-state index in [2.05, 4.69) is 47.6 Å². The minimum absolute atomic E-state index is 0.128. The van der Waals surface area contributed by atoms with Gasteiger partial charge in [-0.2, -0.15) is 0 Å². The van der Waals surface area contributed by atoms with Crippen LogP contribution in [0.3, 0.4) is 0 Å². The number of rotatable bonds is 12. The van der Waals surface area contributed by atoms with Crippen molar-refractivity contribution < 1.29 is 19.5 Å². The Morgan fingerprint density at radius 1 is 0.759 bits per heavy atom. The number of carboxylic acid groups (broad SMARTS) is 1. The summed E-state index contributed by atoms with van der Waals surface area (Å²) in [5.74, 6) is 1.51. The molecule has 0 spiro atoms. The van der Waals surface area contributed by atoms with Crippen molar-refractivity contribution in [3.8, 4) is 33.9 Å². The molecule has 58 heavy (non-hydrogen) atoms. The average Bonchev–Trinajstić information content (AvgIpc) is 4.06. The minimum atomic E-state index is -1.30. The van der Waals surface area contributed by atoms with Gasteiger partial charge in [-0.15, -0.1) is 0 Å². The summed E-state index contributed by atoms with van der Waals surface area (Å²) in [7, 11) is 0. The van der Waals surface area contributed by atoms with E-state index in [1.807, 2.05) is 47.4 Å². The lowest BCUT2D eigenvalue weighted by atomic mass is 10.00. The third-order valence-electron chi connectivity index (χ3n) is 11.0. The number of likely N-dealkylation sites (tertiary alicyclic amines) is 2. The number of hydrogen-bond acceptors (Lipinski definition) is 8. The standard InChI is InChI=1S/C44H46N10O4/c1-28(49-42(55)37(52-44(57)58)30-12-5-2-6-13-30)39-47-26-34(50-39)29-17-19-32(20-18-29)40-45-24-33(25-46-40)35-27-48-41(51-35)36-16-11-23-54(36)43(56)38(31-14-7-3-8-15-31)53-21-9-4-10-22-53/h2-3,5-8,12-15,17-20,24-28,36-38,52H,4,9-11,16,21-23H2,1H3,(H,47,50)(H,48,51)(H,49,55)(H,57,58)/t28-,36-,37+,38+/m0/s1. The molecule has 0 radical (unpaired) electrons. The number of aromatic nitrogens is 6. The first-order valence-electron chi connectivity index (χ1n) is 19.8. The number of carbonyl (C=O) groups is 3. The minimum Gasteiger partial charge on any atom is -0.465 e. The SMILES string of the molecule is C[C@H](NC(=O)[C@H](NC(=O)O)c1ccccc1)c1nc(-c2ccc(-c3ncc(-c4cnc([C@@H]5CCCN5C(=O)[C@@H](c5ccccc5)N5CCCCC5)[nH]4)cn3)cc2)c[nH]1. The molecule has 0 saturated carbocycles. The molecule has 5 N–H and O–H groups in total. The summed E-state index contributed by atoms with van der Waals surface area (Å²) < 4.78 is 0. The van der Waals surface area contributed by atoms with E-state index < -0.39 is 24.1 Å². The summed E-state index contributed by atoms with van der Waals surface area (Å²) in [6.45, 7) is 4.34. The number of nitrogens with one attached hydrogen (secondary N) is 4. The predicted molar refractivity (Wildman–Crippen MR) is 218 cm³/mol. The monoisotopic (exact) mass is 778 g/mol.